The Kier molecular flexibility index (Phi) is 10.3. The monoisotopic (exact) mass is 1080 g/mol. The van der Waals surface area contributed by atoms with Crippen LogP contribution in [-0.4, -0.2) is 0 Å². The van der Waals surface area contributed by atoms with E-state index >= 15 is 0 Å². The number of fused-ring (bicyclic) bond motifs is 20. The van der Waals surface area contributed by atoms with Gasteiger partial charge in [-0.25, -0.2) is 0 Å². The first-order valence-corrected chi connectivity index (χ1v) is 29.2. The van der Waals surface area contributed by atoms with Gasteiger partial charge in [0.2, 0.25) is 0 Å². The number of benzene rings is 14. The normalized spacial score (nSPS) is 12.8. The lowest BCUT2D eigenvalue weighted by Crippen LogP contribution is -2.27. The molecule has 396 valence electrons. The minimum Gasteiger partial charge on any atom is -0.454 e. The van der Waals surface area contributed by atoms with Gasteiger partial charge in [-0.05, 0) is 115 Å². The van der Waals surface area contributed by atoms with E-state index in [1.807, 2.05) is 0 Å². The molecule has 0 amide bonds. The second-order valence-electron chi connectivity index (χ2n) is 22.5. The maximum Gasteiger partial charge on any atom is 0.159 e. The summed E-state index contributed by atoms with van der Waals surface area (Å²) in [6, 6.07) is 111. The highest BCUT2D eigenvalue weighted by molar-refractivity contribution is 6.21. The molecule has 0 unspecified atom stereocenters. The second kappa shape index (κ2) is 18.4. The molecule has 16 aromatic rings. The molecule has 0 N–H and O–H groups in total. The van der Waals surface area contributed by atoms with Gasteiger partial charge in [0, 0.05) is 43.4 Å². The van der Waals surface area contributed by atoms with Crippen LogP contribution in [0.2, 0.25) is 0 Å². The molecule has 0 aliphatic heterocycles. The average molecular weight is 1080 g/mol. The quantitative estimate of drug-likeness (QED) is 0.152. The van der Waals surface area contributed by atoms with Crippen molar-refractivity contribution in [3.8, 4) is 44.5 Å². The lowest BCUT2D eigenvalue weighted by molar-refractivity contribution is 0.669. The van der Waals surface area contributed by atoms with E-state index in [9.17, 15) is 0 Å². The van der Waals surface area contributed by atoms with E-state index in [4.69, 9.17) is 8.83 Å². The average Bonchev–Trinajstić information content (AvgIpc) is 1.51. The van der Waals surface area contributed by atoms with Crippen molar-refractivity contribution in [1.82, 2.24) is 0 Å². The molecule has 4 nitrogen and oxygen atoms in total. The van der Waals surface area contributed by atoms with Gasteiger partial charge in [0.05, 0.1) is 39.5 Å². The van der Waals surface area contributed by atoms with Crippen LogP contribution in [0.15, 0.2) is 312 Å². The van der Waals surface area contributed by atoms with Crippen LogP contribution < -0.4 is 9.80 Å². The van der Waals surface area contributed by atoms with Gasteiger partial charge >= 0.3 is 0 Å². The highest BCUT2D eigenvalue weighted by Gasteiger charge is 2.53. The fourth-order valence-corrected chi connectivity index (χ4v) is 14.8. The smallest absolute Gasteiger partial charge is 0.159 e. The van der Waals surface area contributed by atoms with Gasteiger partial charge in [0.1, 0.15) is 11.2 Å². The Morgan fingerprint density at radius 2 is 0.553 bits per heavy atom. The zero-order valence-electron chi connectivity index (χ0n) is 46.1. The first-order valence-electron chi connectivity index (χ1n) is 29.2. The molecule has 2 aliphatic carbocycles. The van der Waals surface area contributed by atoms with E-state index in [1.165, 1.54) is 55.3 Å². The Balaban J connectivity index is 1.00. The number of para-hydroxylation sites is 6. The van der Waals surface area contributed by atoms with Crippen LogP contribution in [0.1, 0.15) is 22.3 Å². The van der Waals surface area contributed by atoms with Gasteiger partial charge in [-0.15, -0.1) is 0 Å². The molecule has 0 bridgehead atoms. The number of nitrogens with zero attached hydrogens (tertiary/aromatic N) is 2. The molecule has 4 heteroatoms. The molecule has 0 radical (unpaired) electrons. The summed E-state index contributed by atoms with van der Waals surface area (Å²) in [6.45, 7) is 0. The van der Waals surface area contributed by atoms with Crippen molar-refractivity contribution in [1.29, 1.82) is 0 Å². The third-order valence-electron chi connectivity index (χ3n) is 18.2. The Labute approximate surface area is 490 Å². The molecular weight excluding hydrogens is 1030 g/mol. The maximum absolute atomic E-state index is 7.08. The molecule has 1 spiro atoms. The zero-order chi connectivity index (χ0) is 55.7. The first kappa shape index (κ1) is 47.4. The first-order chi connectivity index (χ1) is 42.2. The van der Waals surface area contributed by atoms with E-state index in [-0.39, 0.29) is 0 Å². The Morgan fingerprint density at radius 1 is 0.224 bits per heavy atom. The van der Waals surface area contributed by atoms with E-state index in [0.29, 0.717) is 0 Å². The van der Waals surface area contributed by atoms with Crippen LogP contribution in [0, 0.1) is 0 Å². The van der Waals surface area contributed by atoms with Crippen molar-refractivity contribution in [2.45, 2.75) is 5.41 Å². The lowest BCUT2D eigenvalue weighted by atomic mass is 9.70. The number of rotatable bonds is 8. The SMILES string of the molecule is c1ccc(-c2ccccc2N(c2cc3c(c4ccccc24)-c2c(cc(N(c4ccccc4-c4ccccc4)c4cccc5c4oc4ccccc45)c4ccccc24)C32c3ccccc3-c3ccccc32)c2cccc3c2oc2ccccc23)cc1. The topological polar surface area (TPSA) is 32.8 Å². The summed E-state index contributed by atoms with van der Waals surface area (Å²) < 4.78 is 14.2. The minimum atomic E-state index is -0.804. The van der Waals surface area contributed by atoms with Crippen LogP contribution in [0.3, 0.4) is 0 Å². The second-order valence-corrected chi connectivity index (χ2v) is 22.5. The van der Waals surface area contributed by atoms with Crippen LogP contribution in [-0.2, 0) is 5.41 Å². The van der Waals surface area contributed by atoms with Crippen molar-refractivity contribution in [3.63, 3.8) is 0 Å². The summed E-state index contributed by atoms with van der Waals surface area (Å²) in [5.74, 6) is 0. The summed E-state index contributed by atoms with van der Waals surface area (Å²) >= 11 is 0. The summed E-state index contributed by atoms with van der Waals surface area (Å²) in [5, 5.41) is 8.91. The molecule has 18 rings (SSSR count). The lowest BCUT2D eigenvalue weighted by Gasteiger charge is -2.34. The maximum atomic E-state index is 7.08. The highest BCUT2D eigenvalue weighted by Crippen LogP contribution is 2.67. The number of hydrogen-bond donors (Lipinski definition) is 0. The summed E-state index contributed by atoms with van der Waals surface area (Å²) in [4.78, 5) is 5.00. The Bertz CT molecular complexity index is 5060. The van der Waals surface area contributed by atoms with Crippen molar-refractivity contribution in [2.75, 3.05) is 9.80 Å². The van der Waals surface area contributed by atoms with E-state index in [1.54, 1.807) is 0 Å². The largest absolute Gasteiger partial charge is 0.454 e. The summed E-state index contributed by atoms with van der Waals surface area (Å²) in [5.41, 5.74) is 23.1. The third kappa shape index (κ3) is 6.73. The van der Waals surface area contributed by atoms with Gasteiger partial charge in [-0.2, -0.15) is 0 Å². The molecule has 2 heterocycles. The van der Waals surface area contributed by atoms with Crippen molar-refractivity contribution in [2.24, 2.45) is 0 Å². The molecule has 2 aliphatic rings. The molecule has 14 aromatic carbocycles. The third-order valence-corrected chi connectivity index (χ3v) is 18.2. The van der Waals surface area contributed by atoms with E-state index in [0.717, 1.165) is 111 Å². The van der Waals surface area contributed by atoms with Crippen LogP contribution in [0.4, 0.5) is 34.1 Å². The van der Waals surface area contributed by atoms with Crippen LogP contribution in [0.25, 0.3) is 110 Å². The van der Waals surface area contributed by atoms with Crippen LogP contribution in [0.5, 0.6) is 0 Å². The van der Waals surface area contributed by atoms with E-state index < -0.39 is 5.41 Å². The van der Waals surface area contributed by atoms with Gasteiger partial charge < -0.3 is 18.6 Å². The molecule has 0 fully saturated rings. The molecule has 0 saturated heterocycles. The molecular formula is C81H50N2O2. The predicted molar refractivity (Wildman–Crippen MR) is 353 cm³/mol. The standard InChI is InChI=1S/C81H50N2O2/c1-3-25-51(26-4-1)53-29-13-19-43-69(53)82(71-45-23-39-63-59-35-15-21-47-75(59)84-79(63)71)73-49-67-77(61-37-9-7-33-57(61)73)78-62-38-10-8-34-58(62)74(50-68(78)81(67)65-41-17-11-31-55(65)56-32-12-18-42-66(56)81)83(70-44-20-14-30-54(70)52-27-5-2-6-28-52)72-46-24-40-64-60-36-16-22-48-76(60)85-80(64)72/h1-50H. The Hall–Kier alpha value is -11.2. The van der Waals surface area contributed by atoms with Gasteiger partial charge in [0.25, 0.3) is 0 Å². The highest BCUT2D eigenvalue weighted by atomic mass is 16.3. The van der Waals surface area contributed by atoms with Gasteiger partial charge in [-0.3, -0.25) is 0 Å². The van der Waals surface area contributed by atoms with E-state index in [2.05, 4.69) is 313 Å². The fraction of sp³-hybridized carbons (Fsp3) is 0.0123. The van der Waals surface area contributed by atoms with Crippen molar-refractivity contribution in [3.05, 3.63) is 326 Å². The molecule has 85 heavy (non-hydrogen) atoms. The number of anilines is 6. The molecule has 2 aromatic heterocycles. The van der Waals surface area contributed by atoms with Gasteiger partial charge in [-0.1, -0.05) is 255 Å². The number of hydrogen-bond acceptors (Lipinski definition) is 4. The fourth-order valence-electron chi connectivity index (χ4n) is 14.8. The molecule has 0 atom stereocenters. The predicted octanol–water partition coefficient (Wildman–Crippen LogP) is 22.4. The zero-order valence-corrected chi connectivity index (χ0v) is 46.1. The molecule has 0 saturated carbocycles. The summed E-state index contributed by atoms with van der Waals surface area (Å²) in [7, 11) is 0. The van der Waals surface area contributed by atoms with Gasteiger partial charge in [0.15, 0.2) is 11.2 Å². The van der Waals surface area contributed by atoms with Crippen LogP contribution >= 0.6 is 0 Å². The Morgan fingerprint density at radius 3 is 1.00 bits per heavy atom. The number of furan rings is 2. The minimum absolute atomic E-state index is 0.804. The van der Waals surface area contributed by atoms with Crippen molar-refractivity contribution < 1.29 is 8.83 Å². The summed E-state index contributed by atoms with van der Waals surface area (Å²) in [6.07, 6.45) is 0. The van der Waals surface area contributed by atoms with Crippen molar-refractivity contribution >= 4 is 99.5 Å².